The number of benzene rings is 1. The third kappa shape index (κ3) is 3.58. The van der Waals surface area contributed by atoms with Gasteiger partial charge in [0, 0.05) is 30.2 Å². The number of carbonyl (C=O) groups is 1. The van der Waals surface area contributed by atoms with Crippen LogP contribution in [0.4, 0.5) is 5.69 Å². The first kappa shape index (κ1) is 19.5. The van der Waals surface area contributed by atoms with Gasteiger partial charge in [0.2, 0.25) is 5.89 Å². The molecule has 2 heterocycles. The molecule has 0 aliphatic rings. The normalized spacial score (nSPS) is 10.9. The van der Waals surface area contributed by atoms with Crippen molar-refractivity contribution in [2.24, 2.45) is 0 Å². The summed E-state index contributed by atoms with van der Waals surface area (Å²) in [5, 5.41) is 0.709. The van der Waals surface area contributed by atoms with Crippen LogP contribution in [0.2, 0.25) is 0 Å². The Kier molecular flexibility index (Phi) is 5.67. The molecule has 3 rings (SSSR count). The number of nitrogens with zero attached hydrogens (tertiary/aromatic N) is 2. The number of hydrogen-bond acceptors (Lipinski definition) is 8. The third-order valence-corrected chi connectivity index (χ3v) is 4.33. The van der Waals surface area contributed by atoms with E-state index >= 15 is 0 Å². The van der Waals surface area contributed by atoms with Gasteiger partial charge < -0.3 is 23.2 Å². The molecule has 0 fully saturated rings. The van der Waals surface area contributed by atoms with E-state index in [1.807, 2.05) is 18.2 Å². The van der Waals surface area contributed by atoms with Crippen molar-refractivity contribution in [2.45, 2.75) is 20.8 Å². The van der Waals surface area contributed by atoms with Gasteiger partial charge in [-0.2, -0.15) is 4.98 Å². The number of ether oxygens (including phenoxy) is 2. The number of fused-ring (bicyclic) bond motifs is 1. The Morgan fingerprint density at radius 2 is 1.89 bits per heavy atom. The number of hydrogen-bond donors (Lipinski definition) is 0. The van der Waals surface area contributed by atoms with Crippen molar-refractivity contribution in [3.63, 3.8) is 0 Å². The van der Waals surface area contributed by atoms with Crippen LogP contribution in [0, 0.1) is 0 Å². The molecule has 0 atom stereocenters. The summed E-state index contributed by atoms with van der Waals surface area (Å²) in [5.74, 6) is -1.03. The maximum atomic E-state index is 12.5. The summed E-state index contributed by atoms with van der Waals surface area (Å²) < 4.78 is 20.9. The number of oxazole rings is 1. The Morgan fingerprint density at radius 3 is 2.54 bits per heavy atom. The predicted octanol–water partition coefficient (Wildman–Crippen LogP) is 3.48. The molecule has 8 heteroatoms. The average Bonchev–Trinajstić information content (AvgIpc) is 3.13. The van der Waals surface area contributed by atoms with E-state index in [-0.39, 0.29) is 29.7 Å². The number of esters is 1. The first-order chi connectivity index (χ1) is 13.5. The van der Waals surface area contributed by atoms with Crippen molar-refractivity contribution in [2.75, 3.05) is 31.7 Å². The first-order valence-electron chi connectivity index (χ1n) is 9.07. The van der Waals surface area contributed by atoms with Gasteiger partial charge in [-0.05, 0) is 39.0 Å². The van der Waals surface area contributed by atoms with Crippen LogP contribution in [0.25, 0.3) is 22.4 Å². The summed E-state index contributed by atoms with van der Waals surface area (Å²) in [5.41, 5.74) is 0.901. The van der Waals surface area contributed by atoms with Crippen molar-refractivity contribution in [1.29, 1.82) is 0 Å². The highest BCUT2D eigenvalue weighted by Crippen LogP contribution is 2.28. The van der Waals surface area contributed by atoms with Crippen LogP contribution in [0.15, 0.2) is 37.9 Å². The van der Waals surface area contributed by atoms with Gasteiger partial charge in [0.25, 0.3) is 11.6 Å². The maximum absolute atomic E-state index is 12.5. The second-order valence-electron chi connectivity index (χ2n) is 5.92. The van der Waals surface area contributed by atoms with E-state index in [1.165, 1.54) is 7.11 Å². The average molecular weight is 386 g/mol. The van der Waals surface area contributed by atoms with Gasteiger partial charge in [-0.1, -0.05) is 0 Å². The largest absolute Gasteiger partial charge is 0.478 e. The highest BCUT2D eigenvalue weighted by atomic mass is 16.6. The van der Waals surface area contributed by atoms with E-state index in [9.17, 15) is 9.59 Å². The van der Waals surface area contributed by atoms with Crippen LogP contribution in [-0.2, 0) is 4.74 Å². The van der Waals surface area contributed by atoms with E-state index in [2.05, 4.69) is 23.7 Å². The van der Waals surface area contributed by atoms with Crippen LogP contribution in [0.3, 0.4) is 0 Å². The lowest BCUT2D eigenvalue weighted by Gasteiger charge is -2.20. The fourth-order valence-corrected chi connectivity index (χ4v) is 2.92. The topological polar surface area (TPSA) is 95.0 Å². The molecule has 0 radical (unpaired) electrons. The molecule has 0 saturated carbocycles. The minimum Gasteiger partial charge on any atom is -0.478 e. The molecule has 1 aromatic carbocycles. The SMILES string of the molecule is CCOC(=O)c1oc(-c2cc3ccc(N(CC)CC)cc3oc2=O)nc1OC. The Bertz CT molecular complexity index is 1050. The van der Waals surface area contributed by atoms with E-state index in [0.29, 0.717) is 11.0 Å². The van der Waals surface area contributed by atoms with Crippen LogP contribution in [0.5, 0.6) is 5.88 Å². The summed E-state index contributed by atoms with van der Waals surface area (Å²) in [6, 6.07) is 7.27. The van der Waals surface area contributed by atoms with Gasteiger partial charge in [-0.3, -0.25) is 0 Å². The number of rotatable bonds is 7. The standard InChI is InChI=1S/C20H22N2O6/c1-5-22(6-2)13-9-8-12-10-14(19(23)27-15(12)11-13)17-21-18(25-4)16(28-17)20(24)26-7-3/h8-11H,5-7H2,1-4H3. The fourth-order valence-electron chi connectivity index (χ4n) is 2.92. The summed E-state index contributed by atoms with van der Waals surface area (Å²) in [7, 11) is 1.35. The quantitative estimate of drug-likeness (QED) is 0.450. The van der Waals surface area contributed by atoms with E-state index in [0.717, 1.165) is 18.8 Å². The van der Waals surface area contributed by atoms with Crippen LogP contribution in [0.1, 0.15) is 31.3 Å². The monoisotopic (exact) mass is 386 g/mol. The number of carbonyl (C=O) groups excluding carboxylic acids is 1. The lowest BCUT2D eigenvalue weighted by Crippen LogP contribution is -2.21. The zero-order valence-corrected chi connectivity index (χ0v) is 16.3. The van der Waals surface area contributed by atoms with Crippen molar-refractivity contribution in [1.82, 2.24) is 4.98 Å². The second-order valence-corrected chi connectivity index (χ2v) is 5.92. The Morgan fingerprint density at radius 1 is 1.14 bits per heavy atom. The van der Waals surface area contributed by atoms with Crippen molar-refractivity contribution < 1.29 is 23.1 Å². The molecule has 28 heavy (non-hydrogen) atoms. The number of methoxy groups -OCH3 is 1. The number of aromatic nitrogens is 1. The van der Waals surface area contributed by atoms with E-state index in [1.54, 1.807) is 13.0 Å². The fraction of sp³-hybridized carbons (Fsp3) is 0.350. The molecule has 0 aliphatic carbocycles. The lowest BCUT2D eigenvalue weighted by atomic mass is 10.1. The highest BCUT2D eigenvalue weighted by molar-refractivity contribution is 5.89. The molecule has 148 valence electrons. The van der Waals surface area contributed by atoms with Crippen LogP contribution >= 0.6 is 0 Å². The molecule has 0 saturated heterocycles. The van der Waals surface area contributed by atoms with Crippen LogP contribution < -0.4 is 15.3 Å². The molecule has 0 unspecified atom stereocenters. The minimum absolute atomic E-state index is 0.0511. The summed E-state index contributed by atoms with van der Waals surface area (Å²) in [6.45, 7) is 7.65. The van der Waals surface area contributed by atoms with Crippen molar-refractivity contribution in [3.8, 4) is 17.3 Å². The zero-order chi connectivity index (χ0) is 20.3. The van der Waals surface area contributed by atoms with Gasteiger partial charge >= 0.3 is 11.6 Å². The number of anilines is 1. The van der Waals surface area contributed by atoms with Gasteiger partial charge in [0.1, 0.15) is 11.1 Å². The third-order valence-electron chi connectivity index (χ3n) is 4.33. The molecule has 0 N–H and O–H groups in total. The Hall–Kier alpha value is -3.29. The summed E-state index contributed by atoms with van der Waals surface area (Å²) in [6.07, 6.45) is 0. The van der Waals surface area contributed by atoms with Gasteiger partial charge in [0.05, 0.1) is 13.7 Å². The lowest BCUT2D eigenvalue weighted by molar-refractivity contribution is 0.0486. The van der Waals surface area contributed by atoms with Gasteiger partial charge in [0.15, 0.2) is 0 Å². The maximum Gasteiger partial charge on any atom is 0.380 e. The first-order valence-corrected chi connectivity index (χ1v) is 9.07. The smallest absolute Gasteiger partial charge is 0.380 e. The molecular formula is C20H22N2O6. The molecule has 3 aromatic rings. The molecule has 0 aliphatic heterocycles. The Balaban J connectivity index is 2.07. The molecule has 2 aromatic heterocycles. The summed E-state index contributed by atoms with van der Waals surface area (Å²) in [4.78, 5) is 30.7. The summed E-state index contributed by atoms with van der Waals surface area (Å²) >= 11 is 0. The van der Waals surface area contributed by atoms with Crippen molar-refractivity contribution in [3.05, 3.63) is 40.4 Å². The second kappa shape index (κ2) is 8.16. The predicted molar refractivity (Wildman–Crippen MR) is 104 cm³/mol. The van der Waals surface area contributed by atoms with Gasteiger partial charge in [-0.15, -0.1) is 0 Å². The van der Waals surface area contributed by atoms with Crippen LogP contribution in [-0.4, -0.2) is 37.8 Å². The molecule has 0 amide bonds. The Labute approximate surface area is 161 Å². The molecular weight excluding hydrogens is 364 g/mol. The molecule has 0 bridgehead atoms. The highest BCUT2D eigenvalue weighted by Gasteiger charge is 2.25. The van der Waals surface area contributed by atoms with Crippen molar-refractivity contribution >= 4 is 22.6 Å². The van der Waals surface area contributed by atoms with E-state index in [4.69, 9.17) is 18.3 Å². The van der Waals surface area contributed by atoms with E-state index < -0.39 is 11.6 Å². The zero-order valence-electron chi connectivity index (χ0n) is 16.3. The molecule has 0 spiro atoms. The minimum atomic E-state index is -0.716. The molecule has 8 nitrogen and oxygen atoms in total. The van der Waals surface area contributed by atoms with Gasteiger partial charge in [-0.25, -0.2) is 9.59 Å².